The van der Waals surface area contributed by atoms with Gasteiger partial charge in [-0.3, -0.25) is 9.59 Å². The van der Waals surface area contributed by atoms with Crippen LogP contribution < -0.4 is 5.32 Å². The van der Waals surface area contributed by atoms with E-state index >= 15 is 0 Å². The van der Waals surface area contributed by atoms with E-state index in [1.165, 1.54) is 13.0 Å². The summed E-state index contributed by atoms with van der Waals surface area (Å²) in [6.45, 7) is 4.73. The topological polar surface area (TPSA) is 99.3 Å². The second-order valence-corrected chi connectivity index (χ2v) is 6.90. The molecule has 0 spiro atoms. The highest BCUT2D eigenvalue weighted by molar-refractivity contribution is 6.34. The van der Waals surface area contributed by atoms with Crippen LogP contribution in [0.5, 0.6) is 0 Å². The number of aromatic nitrogens is 1. The van der Waals surface area contributed by atoms with Crippen molar-refractivity contribution in [2.45, 2.75) is 33.2 Å². The lowest BCUT2D eigenvalue weighted by Crippen LogP contribution is -2.42. The van der Waals surface area contributed by atoms with E-state index in [0.29, 0.717) is 32.4 Å². The Morgan fingerprint density at radius 1 is 1.15 bits per heavy atom. The number of hydrogen-bond donors (Lipinski definition) is 3. The monoisotopic (exact) mass is 396 g/mol. The molecule has 1 amide bonds. The van der Waals surface area contributed by atoms with Crippen molar-refractivity contribution < 1.29 is 19.5 Å². The fraction of sp³-hybridized carbons (Fsp3) is 0.278. The molecule has 1 aromatic carbocycles. The molecule has 0 saturated carbocycles. The number of halogens is 2. The van der Waals surface area contributed by atoms with Gasteiger partial charge in [0.1, 0.15) is 11.7 Å². The van der Waals surface area contributed by atoms with Gasteiger partial charge in [0, 0.05) is 27.7 Å². The van der Waals surface area contributed by atoms with E-state index in [2.05, 4.69) is 10.3 Å². The van der Waals surface area contributed by atoms with Crippen LogP contribution in [0.15, 0.2) is 18.2 Å². The highest BCUT2D eigenvalue weighted by Crippen LogP contribution is 2.21. The summed E-state index contributed by atoms with van der Waals surface area (Å²) in [6.07, 6.45) is 0.0135. The Hall–Kier alpha value is -2.31. The maximum Gasteiger partial charge on any atom is 0.326 e. The normalized spacial score (nSPS) is 11.9. The van der Waals surface area contributed by atoms with Gasteiger partial charge < -0.3 is 15.4 Å². The quantitative estimate of drug-likeness (QED) is 0.649. The SMILES string of the molecule is CC(=O)c1c(C)[nH]c(C(=O)NC(Cc2cc(Cl)cc(Cl)c2)C(=O)O)c1C. The van der Waals surface area contributed by atoms with Gasteiger partial charge >= 0.3 is 5.97 Å². The Morgan fingerprint density at radius 3 is 2.19 bits per heavy atom. The fourth-order valence-electron chi connectivity index (χ4n) is 2.90. The number of aryl methyl sites for hydroxylation is 1. The summed E-state index contributed by atoms with van der Waals surface area (Å²) in [5.74, 6) is -1.96. The molecule has 2 aromatic rings. The van der Waals surface area contributed by atoms with Crippen molar-refractivity contribution >= 4 is 40.9 Å². The van der Waals surface area contributed by atoms with Crippen LogP contribution >= 0.6 is 23.2 Å². The van der Waals surface area contributed by atoms with Crippen LogP contribution in [0.1, 0.15) is 44.6 Å². The van der Waals surface area contributed by atoms with E-state index in [9.17, 15) is 19.5 Å². The van der Waals surface area contributed by atoms with Crippen molar-refractivity contribution in [2.24, 2.45) is 0 Å². The van der Waals surface area contributed by atoms with Gasteiger partial charge in [-0.25, -0.2) is 4.79 Å². The number of rotatable bonds is 6. The summed E-state index contributed by atoms with van der Waals surface area (Å²) in [6, 6.07) is 3.54. The fourth-order valence-corrected chi connectivity index (χ4v) is 3.47. The van der Waals surface area contributed by atoms with E-state index in [1.807, 2.05) is 0 Å². The molecule has 3 N–H and O–H groups in total. The molecule has 8 heteroatoms. The molecule has 0 aliphatic carbocycles. The minimum atomic E-state index is -1.19. The Labute approximate surface area is 160 Å². The van der Waals surface area contributed by atoms with Gasteiger partial charge in [0.05, 0.1) is 0 Å². The minimum absolute atomic E-state index is 0.0135. The standard InChI is InChI=1S/C18H18Cl2N2O4/c1-8-15(10(3)23)9(2)21-16(8)17(24)22-14(18(25)26)6-11-4-12(19)7-13(20)5-11/h4-5,7,14,21H,6H2,1-3H3,(H,22,24)(H,25,26). The Morgan fingerprint density at radius 2 is 1.73 bits per heavy atom. The smallest absolute Gasteiger partial charge is 0.326 e. The number of aliphatic carboxylic acids is 1. The van der Waals surface area contributed by atoms with Crippen LogP contribution in [0.2, 0.25) is 10.0 Å². The third-order valence-electron chi connectivity index (χ3n) is 3.98. The van der Waals surface area contributed by atoms with Crippen LogP contribution in [-0.2, 0) is 11.2 Å². The molecule has 0 radical (unpaired) electrons. The summed E-state index contributed by atoms with van der Waals surface area (Å²) in [7, 11) is 0. The van der Waals surface area contributed by atoms with Crippen LogP contribution in [0.25, 0.3) is 0 Å². The van der Waals surface area contributed by atoms with Crippen LogP contribution in [0.3, 0.4) is 0 Å². The largest absolute Gasteiger partial charge is 0.480 e. The number of carbonyl (C=O) groups excluding carboxylic acids is 2. The minimum Gasteiger partial charge on any atom is -0.480 e. The summed E-state index contributed by atoms with van der Waals surface area (Å²) in [5, 5.41) is 12.7. The zero-order chi connectivity index (χ0) is 19.6. The average molecular weight is 397 g/mol. The molecule has 2 rings (SSSR count). The molecular weight excluding hydrogens is 379 g/mol. The Balaban J connectivity index is 2.25. The second-order valence-electron chi connectivity index (χ2n) is 6.03. The van der Waals surface area contributed by atoms with E-state index < -0.39 is 17.9 Å². The highest BCUT2D eigenvalue weighted by Gasteiger charge is 2.25. The Bertz CT molecular complexity index is 869. The summed E-state index contributed by atoms with van der Waals surface area (Å²) >= 11 is 11.9. The molecule has 0 aliphatic heterocycles. The molecule has 1 heterocycles. The summed E-state index contributed by atoms with van der Waals surface area (Å²) in [5.41, 5.74) is 2.24. The first kappa shape index (κ1) is 20.0. The number of hydrogen-bond acceptors (Lipinski definition) is 3. The number of carbonyl (C=O) groups is 3. The third-order valence-corrected chi connectivity index (χ3v) is 4.42. The van der Waals surface area contributed by atoms with Gasteiger partial charge in [-0.15, -0.1) is 0 Å². The van der Waals surface area contributed by atoms with Gasteiger partial charge in [-0.05, 0) is 50.1 Å². The van der Waals surface area contributed by atoms with Gasteiger partial charge in [-0.1, -0.05) is 23.2 Å². The lowest BCUT2D eigenvalue weighted by molar-refractivity contribution is -0.139. The molecule has 0 saturated heterocycles. The molecule has 26 heavy (non-hydrogen) atoms. The lowest BCUT2D eigenvalue weighted by atomic mass is 10.0. The zero-order valence-corrected chi connectivity index (χ0v) is 16.0. The molecule has 1 aromatic heterocycles. The number of benzene rings is 1. The van der Waals surface area contributed by atoms with Gasteiger partial charge in [0.25, 0.3) is 5.91 Å². The molecule has 138 valence electrons. The number of H-pyrrole nitrogens is 1. The van der Waals surface area contributed by atoms with Crippen LogP contribution in [0, 0.1) is 13.8 Å². The Kier molecular flexibility index (Phi) is 6.10. The molecule has 0 aliphatic rings. The zero-order valence-electron chi connectivity index (χ0n) is 14.4. The van der Waals surface area contributed by atoms with Crippen LogP contribution in [-0.4, -0.2) is 33.8 Å². The molecule has 1 atom stereocenters. The number of carboxylic acid groups (broad SMARTS) is 1. The lowest BCUT2D eigenvalue weighted by Gasteiger charge is -2.15. The van der Waals surface area contributed by atoms with Gasteiger partial charge in [0.2, 0.25) is 0 Å². The van der Waals surface area contributed by atoms with Crippen molar-refractivity contribution in [3.8, 4) is 0 Å². The van der Waals surface area contributed by atoms with Crippen molar-refractivity contribution in [2.75, 3.05) is 0 Å². The number of amides is 1. The first-order chi connectivity index (χ1) is 12.1. The number of nitrogens with one attached hydrogen (secondary N) is 2. The van der Waals surface area contributed by atoms with Crippen molar-refractivity contribution in [1.29, 1.82) is 0 Å². The summed E-state index contributed by atoms with van der Waals surface area (Å²) < 4.78 is 0. The average Bonchev–Trinajstić information content (AvgIpc) is 2.80. The molecule has 0 bridgehead atoms. The maximum absolute atomic E-state index is 12.5. The highest BCUT2D eigenvalue weighted by atomic mass is 35.5. The number of ketones is 1. The van der Waals surface area contributed by atoms with Crippen molar-refractivity contribution in [3.63, 3.8) is 0 Å². The molecule has 6 nitrogen and oxygen atoms in total. The number of aromatic amines is 1. The molecular formula is C18H18Cl2N2O4. The number of carboxylic acids is 1. The van der Waals surface area contributed by atoms with E-state index in [-0.39, 0.29) is 17.9 Å². The first-order valence-electron chi connectivity index (χ1n) is 7.79. The predicted octanol–water partition coefficient (Wildman–Crippen LogP) is 3.57. The van der Waals surface area contributed by atoms with E-state index in [4.69, 9.17) is 23.2 Å². The predicted molar refractivity (Wildman–Crippen MR) is 99.3 cm³/mol. The molecule has 0 fully saturated rings. The van der Waals surface area contributed by atoms with Gasteiger partial charge in [-0.2, -0.15) is 0 Å². The third kappa shape index (κ3) is 4.45. The van der Waals surface area contributed by atoms with E-state index in [1.54, 1.807) is 26.0 Å². The van der Waals surface area contributed by atoms with E-state index in [0.717, 1.165) is 0 Å². The van der Waals surface area contributed by atoms with Gasteiger partial charge in [0.15, 0.2) is 5.78 Å². The van der Waals surface area contributed by atoms with Crippen molar-refractivity contribution in [3.05, 3.63) is 56.3 Å². The second kappa shape index (κ2) is 7.93. The molecule has 1 unspecified atom stereocenters. The maximum atomic E-state index is 12.5. The first-order valence-corrected chi connectivity index (χ1v) is 8.54. The summed E-state index contributed by atoms with van der Waals surface area (Å²) in [4.78, 5) is 38.6. The van der Waals surface area contributed by atoms with Crippen LogP contribution in [0.4, 0.5) is 0 Å². The number of Topliss-reactive ketones (excluding diaryl/α,β-unsaturated/α-hetero) is 1. The van der Waals surface area contributed by atoms with Crippen molar-refractivity contribution in [1.82, 2.24) is 10.3 Å².